The zero-order chi connectivity index (χ0) is 32.0. The lowest BCUT2D eigenvalue weighted by atomic mass is 10.00. The summed E-state index contributed by atoms with van der Waals surface area (Å²) < 4.78 is 56.6. The number of rotatable bonds is 13. The molecule has 2 heterocycles. The van der Waals surface area contributed by atoms with E-state index in [1.165, 1.54) is 10.4 Å². The van der Waals surface area contributed by atoms with Crippen molar-refractivity contribution in [2.75, 3.05) is 27.4 Å². The van der Waals surface area contributed by atoms with Gasteiger partial charge in [-0.05, 0) is 73.6 Å². The van der Waals surface area contributed by atoms with E-state index in [2.05, 4.69) is 0 Å². The number of carbonyl (C=O) groups is 2. The number of methoxy groups -OCH3 is 2. The maximum atomic E-state index is 13.8. The predicted octanol–water partition coefficient (Wildman–Crippen LogP) is 5.37. The molecule has 0 unspecified atom stereocenters. The summed E-state index contributed by atoms with van der Waals surface area (Å²) in [5.74, 6) is -0.367. The van der Waals surface area contributed by atoms with Crippen molar-refractivity contribution in [3.63, 3.8) is 0 Å². The molecule has 4 aromatic rings. The summed E-state index contributed by atoms with van der Waals surface area (Å²) in [7, 11) is -1.05. The molecule has 45 heavy (non-hydrogen) atoms. The van der Waals surface area contributed by atoms with Crippen molar-refractivity contribution in [3.8, 4) is 17.2 Å². The highest BCUT2D eigenvalue weighted by Crippen LogP contribution is 2.34. The van der Waals surface area contributed by atoms with Gasteiger partial charge in [0.05, 0.1) is 14.2 Å². The van der Waals surface area contributed by atoms with Crippen LogP contribution in [0.1, 0.15) is 42.9 Å². The highest BCUT2D eigenvalue weighted by molar-refractivity contribution is 7.89. The van der Waals surface area contributed by atoms with Crippen LogP contribution >= 0.6 is 0 Å². The average molecular weight is 638 g/mol. The van der Waals surface area contributed by atoms with Crippen LogP contribution in [0.5, 0.6) is 17.2 Å². The number of piperidine rings is 1. The number of sulfonamides is 1. The smallest absolute Gasteiger partial charge is 0.341 e. The van der Waals surface area contributed by atoms with Gasteiger partial charge in [0.2, 0.25) is 5.09 Å². The van der Waals surface area contributed by atoms with Crippen molar-refractivity contribution in [2.24, 2.45) is 0 Å². The first-order valence-corrected chi connectivity index (χ1v) is 16.0. The van der Waals surface area contributed by atoms with Crippen molar-refractivity contribution in [3.05, 3.63) is 83.9 Å². The van der Waals surface area contributed by atoms with E-state index < -0.39 is 40.7 Å². The highest BCUT2D eigenvalue weighted by atomic mass is 32.2. The monoisotopic (exact) mass is 637 g/mol. The molecule has 1 aliphatic heterocycles. The molecule has 2 atom stereocenters. The predicted molar refractivity (Wildman–Crippen MR) is 164 cm³/mol. The Bertz CT molecular complexity index is 1730. The molecule has 0 saturated carbocycles. The fourth-order valence-corrected chi connectivity index (χ4v) is 7.02. The molecule has 1 aromatic heterocycles. The quantitative estimate of drug-likeness (QED) is 0.190. The van der Waals surface area contributed by atoms with Crippen molar-refractivity contribution in [1.29, 1.82) is 0 Å². The number of fused-ring (bicyclic) bond motifs is 1. The SMILES string of the molecule is COc1ccc(CC[C@@H](OC(=O)[C@@H]2CCCCN2S(=O)(=O)c2cc3ccccc3o2)c2cccc(OCC(=O)O)c2)cc1OC. The molecule has 0 spiro atoms. The minimum absolute atomic E-state index is 0.147. The van der Waals surface area contributed by atoms with Crippen molar-refractivity contribution >= 4 is 32.9 Å². The number of nitrogens with zero attached hydrogens (tertiary/aromatic N) is 1. The number of carboxylic acids is 1. The number of esters is 1. The molecule has 11 nitrogen and oxygen atoms in total. The van der Waals surface area contributed by atoms with Crippen LogP contribution in [-0.4, -0.2) is 63.2 Å². The average Bonchev–Trinajstić information content (AvgIpc) is 3.51. The number of carboxylic acid groups (broad SMARTS) is 1. The minimum atomic E-state index is -4.15. The Morgan fingerprint density at radius 3 is 2.53 bits per heavy atom. The van der Waals surface area contributed by atoms with Crippen LogP contribution in [0.2, 0.25) is 0 Å². The number of furan rings is 1. The summed E-state index contributed by atoms with van der Waals surface area (Å²) in [4.78, 5) is 24.9. The Hall–Kier alpha value is -4.55. The standard InChI is InChI=1S/C33H35NO10S/c1-40-29-16-14-22(18-30(29)41-2)13-15-28(23-9-7-10-25(19-23)42-21-31(35)36)44-33(37)26-11-5-6-17-34(26)45(38,39)32-20-24-8-3-4-12-27(24)43-32/h3-4,7-10,12,14,16,18-20,26,28H,5-6,11,13,15,17,21H2,1-2H3,(H,35,36)/t26-,28+/m0/s1. The van der Waals surface area contributed by atoms with E-state index in [4.69, 9.17) is 28.5 Å². The zero-order valence-corrected chi connectivity index (χ0v) is 25.8. The molecule has 1 aliphatic rings. The zero-order valence-electron chi connectivity index (χ0n) is 25.0. The molecular weight excluding hydrogens is 602 g/mol. The molecule has 1 saturated heterocycles. The Morgan fingerprint density at radius 1 is 0.978 bits per heavy atom. The third-order valence-corrected chi connectivity index (χ3v) is 9.45. The van der Waals surface area contributed by atoms with E-state index in [9.17, 15) is 18.0 Å². The molecule has 1 N–H and O–H groups in total. The van der Waals surface area contributed by atoms with E-state index in [0.29, 0.717) is 65.9 Å². The maximum absolute atomic E-state index is 13.8. The van der Waals surface area contributed by atoms with Gasteiger partial charge in [0.15, 0.2) is 18.1 Å². The fourth-order valence-electron chi connectivity index (χ4n) is 5.42. The lowest BCUT2D eigenvalue weighted by molar-refractivity contribution is -0.155. The summed E-state index contributed by atoms with van der Waals surface area (Å²) in [5.41, 5.74) is 1.92. The van der Waals surface area contributed by atoms with Crippen LogP contribution in [0.3, 0.4) is 0 Å². The first-order valence-electron chi connectivity index (χ1n) is 14.6. The van der Waals surface area contributed by atoms with Crippen LogP contribution in [-0.2, 0) is 30.8 Å². The summed E-state index contributed by atoms with van der Waals surface area (Å²) in [6, 6.07) is 19.6. The Kier molecular flexibility index (Phi) is 9.94. The number of aryl methyl sites for hydroxylation is 1. The number of ether oxygens (including phenoxy) is 4. The Balaban J connectivity index is 1.41. The fraction of sp³-hybridized carbons (Fsp3) is 0.333. The van der Waals surface area contributed by atoms with Gasteiger partial charge in [-0.2, -0.15) is 4.31 Å². The van der Waals surface area contributed by atoms with Gasteiger partial charge in [-0.3, -0.25) is 4.79 Å². The van der Waals surface area contributed by atoms with E-state index >= 15 is 0 Å². The van der Waals surface area contributed by atoms with Gasteiger partial charge in [0.25, 0.3) is 10.0 Å². The van der Waals surface area contributed by atoms with Gasteiger partial charge in [-0.1, -0.05) is 36.4 Å². The van der Waals surface area contributed by atoms with E-state index in [0.717, 1.165) is 5.56 Å². The molecular formula is C33H35NO10S. The molecule has 238 valence electrons. The summed E-state index contributed by atoms with van der Waals surface area (Å²) >= 11 is 0. The second-order valence-corrected chi connectivity index (χ2v) is 12.5. The van der Waals surface area contributed by atoms with Gasteiger partial charge >= 0.3 is 11.9 Å². The normalized spacial score (nSPS) is 16.2. The first kappa shape index (κ1) is 31.9. The van der Waals surface area contributed by atoms with Crippen molar-refractivity contribution in [2.45, 2.75) is 49.3 Å². The van der Waals surface area contributed by atoms with E-state index in [-0.39, 0.29) is 11.6 Å². The van der Waals surface area contributed by atoms with Crippen LogP contribution in [0.25, 0.3) is 11.0 Å². The number of carbonyl (C=O) groups excluding carboxylic acids is 1. The van der Waals surface area contributed by atoms with Crippen LogP contribution in [0, 0.1) is 0 Å². The summed E-state index contributed by atoms with van der Waals surface area (Å²) in [6.45, 7) is -0.385. The summed E-state index contributed by atoms with van der Waals surface area (Å²) in [5, 5.41) is 9.47. The van der Waals surface area contributed by atoms with Crippen molar-refractivity contribution in [1.82, 2.24) is 4.31 Å². The van der Waals surface area contributed by atoms with E-state index in [1.807, 2.05) is 12.1 Å². The molecule has 12 heteroatoms. The molecule has 0 radical (unpaired) electrons. The molecule has 3 aromatic carbocycles. The van der Waals surface area contributed by atoms with Gasteiger partial charge in [0, 0.05) is 18.0 Å². The number of para-hydroxylation sites is 1. The largest absolute Gasteiger partial charge is 0.493 e. The molecule has 5 rings (SSSR count). The lowest BCUT2D eigenvalue weighted by Gasteiger charge is -2.33. The topological polar surface area (TPSA) is 142 Å². The number of hydrogen-bond acceptors (Lipinski definition) is 9. The maximum Gasteiger partial charge on any atom is 0.341 e. The molecule has 1 fully saturated rings. The van der Waals surface area contributed by atoms with Gasteiger partial charge in [-0.15, -0.1) is 0 Å². The van der Waals surface area contributed by atoms with Crippen molar-refractivity contribution < 1.29 is 46.5 Å². The first-order chi connectivity index (χ1) is 21.7. The second kappa shape index (κ2) is 14.0. The number of benzene rings is 3. The lowest BCUT2D eigenvalue weighted by Crippen LogP contribution is -2.48. The Morgan fingerprint density at radius 2 is 1.78 bits per heavy atom. The van der Waals surface area contributed by atoms with Gasteiger partial charge in [-0.25, -0.2) is 13.2 Å². The summed E-state index contributed by atoms with van der Waals surface area (Å²) in [6.07, 6.45) is 1.56. The molecule has 0 amide bonds. The van der Waals surface area contributed by atoms with E-state index in [1.54, 1.807) is 68.8 Å². The minimum Gasteiger partial charge on any atom is -0.493 e. The highest BCUT2D eigenvalue weighted by Gasteiger charge is 2.41. The van der Waals surface area contributed by atoms with Crippen LogP contribution in [0.15, 0.2) is 82.3 Å². The van der Waals surface area contributed by atoms with Gasteiger partial charge in [0.1, 0.15) is 23.5 Å². The Labute approximate surface area is 261 Å². The second-order valence-electron chi connectivity index (χ2n) is 10.6. The third-order valence-electron chi connectivity index (χ3n) is 7.69. The molecule has 0 bridgehead atoms. The number of hydrogen-bond donors (Lipinski definition) is 1. The van der Waals surface area contributed by atoms with Crippen LogP contribution in [0.4, 0.5) is 0 Å². The molecule has 0 aliphatic carbocycles. The third kappa shape index (κ3) is 7.40. The number of aliphatic carboxylic acids is 1. The van der Waals surface area contributed by atoms with Crippen LogP contribution < -0.4 is 14.2 Å². The van der Waals surface area contributed by atoms with Gasteiger partial charge < -0.3 is 28.5 Å².